The number of nitrogens with zero attached hydrogens (tertiary/aromatic N) is 1. The molecule has 0 amide bonds. The molecule has 1 aliphatic carbocycles. The largest absolute Gasteiger partial charge is 0.314 e. The number of nitrogens with one attached hydrogen (secondary N) is 1. The summed E-state index contributed by atoms with van der Waals surface area (Å²) in [4.78, 5) is 2.46. The van der Waals surface area contributed by atoms with Crippen LogP contribution in [0.4, 0.5) is 0 Å². The van der Waals surface area contributed by atoms with E-state index in [-0.39, 0.29) is 0 Å². The van der Waals surface area contributed by atoms with Crippen LogP contribution in [0.3, 0.4) is 0 Å². The zero-order valence-electron chi connectivity index (χ0n) is 11.8. The molecule has 2 rings (SSSR count). The minimum absolute atomic E-state index is 0.831. The molecule has 0 radical (unpaired) electrons. The van der Waals surface area contributed by atoms with Crippen molar-refractivity contribution in [2.75, 3.05) is 26.7 Å². The second-order valence-electron chi connectivity index (χ2n) is 6.45. The van der Waals surface area contributed by atoms with Crippen LogP contribution in [-0.4, -0.2) is 37.6 Å². The molecule has 0 bridgehead atoms. The highest BCUT2D eigenvalue weighted by molar-refractivity contribution is 4.76. The van der Waals surface area contributed by atoms with E-state index in [1.54, 1.807) is 0 Å². The van der Waals surface area contributed by atoms with Gasteiger partial charge in [0, 0.05) is 6.04 Å². The van der Waals surface area contributed by atoms with E-state index < -0.39 is 0 Å². The van der Waals surface area contributed by atoms with Crippen LogP contribution in [0.15, 0.2) is 0 Å². The van der Waals surface area contributed by atoms with Crippen LogP contribution in [-0.2, 0) is 0 Å². The van der Waals surface area contributed by atoms with Gasteiger partial charge in [0.05, 0.1) is 0 Å². The predicted molar refractivity (Wildman–Crippen MR) is 74.3 cm³/mol. The van der Waals surface area contributed by atoms with Crippen LogP contribution in [0.2, 0.25) is 0 Å². The van der Waals surface area contributed by atoms with E-state index >= 15 is 0 Å². The molecule has 1 N–H and O–H groups in total. The van der Waals surface area contributed by atoms with Crippen molar-refractivity contribution in [1.82, 2.24) is 10.2 Å². The van der Waals surface area contributed by atoms with E-state index in [0.29, 0.717) is 0 Å². The third-order valence-corrected chi connectivity index (χ3v) is 4.84. The maximum atomic E-state index is 3.79. The molecule has 0 spiro atoms. The minimum Gasteiger partial charge on any atom is -0.314 e. The SMILES string of the molecule is CC1CCC(NCCC2CCN(C)CC2)CC1. The molecule has 1 aliphatic heterocycles. The normalized spacial score (nSPS) is 32.8. The maximum absolute atomic E-state index is 3.79. The Kier molecular flexibility index (Phi) is 5.30. The number of hydrogen-bond donors (Lipinski definition) is 1. The quantitative estimate of drug-likeness (QED) is 0.810. The van der Waals surface area contributed by atoms with Crippen LogP contribution in [0.1, 0.15) is 51.9 Å². The lowest BCUT2D eigenvalue weighted by Gasteiger charge is -2.30. The number of piperidine rings is 1. The summed E-state index contributed by atoms with van der Waals surface area (Å²) < 4.78 is 0. The van der Waals surface area contributed by atoms with E-state index in [4.69, 9.17) is 0 Å². The zero-order valence-corrected chi connectivity index (χ0v) is 11.8. The fourth-order valence-corrected chi connectivity index (χ4v) is 3.31. The highest BCUT2D eigenvalue weighted by atomic mass is 15.1. The fraction of sp³-hybridized carbons (Fsp3) is 1.00. The Morgan fingerprint density at radius 3 is 2.29 bits per heavy atom. The number of hydrogen-bond acceptors (Lipinski definition) is 2. The summed E-state index contributed by atoms with van der Waals surface area (Å²) in [6.07, 6.45) is 9.93. The van der Waals surface area contributed by atoms with Crippen LogP contribution in [0.25, 0.3) is 0 Å². The van der Waals surface area contributed by atoms with Gasteiger partial charge < -0.3 is 10.2 Å². The Bertz CT molecular complexity index is 179. The Hall–Kier alpha value is -0.0800. The summed E-state index contributed by atoms with van der Waals surface area (Å²) in [5.41, 5.74) is 0. The van der Waals surface area contributed by atoms with Crippen molar-refractivity contribution in [2.24, 2.45) is 11.8 Å². The Labute approximate surface area is 107 Å². The number of rotatable bonds is 4. The Balaban J connectivity index is 1.54. The van der Waals surface area contributed by atoms with Crippen molar-refractivity contribution in [2.45, 2.75) is 57.9 Å². The first-order valence-corrected chi connectivity index (χ1v) is 7.66. The van der Waals surface area contributed by atoms with Crippen molar-refractivity contribution in [3.8, 4) is 0 Å². The van der Waals surface area contributed by atoms with E-state index in [1.165, 1.54) is 64.6 Å². The standard InChI is InChI=1S/C15H30N2/c1-13-3-5-15(6-4-13)16-10-7-14-8-11-17(2)12-9-14/h13-16H,3-12H2,1-2H3. The third kappa shape index (κ3) is 4.59. The molecule has 0 aromatic carbocycles. The third-order valence-electron chi connectivity index (χ3n) is 4.84. The molecular weight excluding hydrogens is 208 g/mol. The topological polar surface area (TPSA) is 15.3 Å². The molecule has 2 nitrogen and oxygen atoms in total. The molecule has 1 saturated carbocycles. The molecule has 17 heavy (non-hydrogen) atoms. The first-order valence-electron chi connectivity index (χ1n) is 7.66. The highest BCUT2D eigenvalue weighted by Crippen LogP contribution is 2.24. The van der Waals surface area contributed by atoms with Gasteiger partial charge in [-0.05, 0) is 83.5 Å². The lowest BCUT2D eigenvalue weighted by atomic mass is 9.87. The molecule has 100 valence electrons. The molecule has 0 unspecified atom stereocenters. The molecular formula is C15H30N2. The molecule has 2 heteroatoms. The van der Waals surface area contributed by atoms with E-state index in [9.17, 15) is 0 Å². The van der Waals surface area contributed by atoms with Gasteiger partial charge in [-0.2, -0.15) is 0 Å². The second kappa shape index (κ2) is 6.75. The van der Waals surface area contributed by atoms with Gasteiger partial charge in [-0.3, -0.25) is 0 Å². The molecule has 0 aromatic heterocycles. The summed E-state index contributed by atoms with van der Waals surface area (Å²) in [6.45, 7) is 6.28. The van der Waals surface area contributed by atoms with Crippen molar-refractivity contribution in [1.29, 1.82) is 0 Å². The monoisotopic (exact) mass is 238 g/mol. The van der Waals surface area contributed by atoms with Gasteiger partial charge >= 0.3 is 0 Å². The molecule has 1 heterocycles. The summed E-state index contributed by atoms with van der Waals surface area (Å²) in [5.74, 6) is 1.96. The van der Waals surface area contributed by atoms with E-state index in [2.05, 4.69) is 24.2 Å². The van der Waals surface area contributed by atoms with Crippen molar-refractivity contribution < 1.29 is 0 Å². The van der Waals surface area contributed by atoms with Gasteiger partial charge in [0.15, 0.2) is 0 Å². The molecule has 1 saturated heterocycles. The predicted octanol–water partition coefficient (Wildman–Crippen LogP) is 2.89. The Morgan fingerprint density at radius 2 is 1.65 bits per heavy atom. The van der Waals surface area contributed by atoms with Gasteiger partial charge in [0.2, 0.25) is 0 Å². The van der Waals surface area contributed by atoms with Gasteiger partial charge in [-0.15, -0.1) is 0 Å². The molecule has 2 aliphatic rings. The van der Waals surface area contributed by atoms with E-state index in [0.717, 1.165) is 17.9 Å². The van der Waals surface area contributed by atoms with Gasteiger partial charge in [-0.25, -0.2) is 0 Å². The van der Waals surface area contributed by atoms with E-state index in [1.807, 2.05) is 0 Å². The molecule has 0 atom stereocenters. The first-order chi connectivity index (χ1) is 8.24. The summed E-state index contributed by atoms with van der Waals surface area (Å²) in [7, 11) is 2.25. The smallest absolute Gasteiger partial charge is 0.00672 e. The summed E-state index contributed by atoms with van der Waals surface area (Å²) in [6, 6.07) is 0.831. The van der Waals surface area contributed by atoms with Crippen molar-refractivity contribution in [3.05, 3.63) is 0 Å². The van der Waals surface area contributed by atoms with Gasteiger partial charge in [0.1, 0.15) is 0 Å². The average molecular weight is 238 g/mol. The zero-order chi connectivity index (χ0) is 12.1. The lowest BCUT2D eigenvalue weighted by molar-refractivity contribution is 0.208. The summed E-state index contributed by atoms with van der Waals surface area (Å²) >= 11 is 0. The minimum atomic E-state index is 0.831. The molecule has 0 aromatic rings. The Morgan fingerprint density at radius 1 is 1.00 bits per heavy atom. The second-order valence-corrected chi connectivity index (χ2v) is 6.45. The van der Waals surface area contributed by atoms with Crippen LogP contribution >= 0.6 is 0 Å². The highest BCUT2D eigenvalue weighted by Gasteiger charge is 2.19. The van der Waals surface area contributed by atoms with Crippen molar-refractivity contribution >= 4 is 0 Å². The molecule has 2 fully saturated rings. The lowest BCUT2D eigenvalue weighted by Crippen LogP contribution is -2.36. The van der Waals surface area contributed by atoms with Crippen LogP contribution in [0, 0.1) is 11.8 Å². The van der Waals surface area contributed by atoms with Gasteiger partial charge in [-0.1, -0.05) is 6.92 Å². The fourth-order valence-electron chi connectivity index (χ4n) is 3.31. The van der Waals surface area contributed by atoms with Gasteiger partial charge in [0.25, 0.3) is 0 Å². The van der Waals surface area contributed by atoms with Crippen LogP contribution in [0.5, 0.6) is 0 Å². The summed E-state index contributed by atoms with van der Waals surface area (Å²) in [5, 5.41) is 3.79. The average Bonchev–Trinajstić information content (AvgIpc) is 2.34. The number of likely N-dealkylation sites (tertiary alicyclic amines) is 1. The first kappa shape index (κ1) is 13.4. The van der Waals surface area contributed by atoms with Crippen molar-refractivity contribution in [3.63, 3.8) is 0 Å². The maximum Gasteiger partial charge on any atom is 0.00672 e. The van der Waals surface area contributed by atoms with Crippen LogP contribution < -0.4 is 5.32 Å².